The fourth-order valence-corrected chi connectivity index (χ4v) is 1.83. The van der Waals surface area contributed by atoms with Gasteiger partial charge in [-0.3, -0.25) is 4.79 Å². The Morgan fingerprint density at radius 2 is 1.65 bits per heavy atom. The normalized spacial score (nSPS) is 10.5. The number of esters is 1. The van der Waals surface area contributed by atoms with E-state index in [1.165, 1.54) is 36.4 Å². The van der Waals surface area contributed by atoms with Crippen LogP contribution in [-0.4, -0.2) is 24.8 Å². The highest BCUT2D eigenvalue weighted by Crippen LogP contribution is 2.23. The van der Waals surface area contributed by atoms with Gasteiger partial charge in [0.2, 0.25) is 0 Å². The van der Waals surface area contributed by atoms with E-state index in [2.05, 4.69) is 10.1 Å². The summed E-state index contributed by atoms with van der Waals surface area (Å²) in [5.74, 6) is -1.85. The van der Waals surface area contributed by atoms with Crippen LogP contribution in [0.15, 0.2) is 48.5 Å². The Morgan fingerprint density at radius 3 is 2.19 bits per heavy atom. The predicted molar refractivity (Wildman–Crippen MR) is 83.2 cm³/mol. The number of ether oxygens (including phenoxy) is 2. The Bertz CT molecular complexity index is 825. The Kier molecular flexibility index (Phi) is 5.80. The molecule has 0 saturated heterocycles. The highest BCUT2D eigenvalue weighted by atomic mass is 19.4. The maximum Gasteiger partial charge on any atom is 0.573 e. The molecule has 0 aliphatic carbocycles. The number of anilines is 1. The summed E-state index contributed by atoms with van der Waals surface area (Å²) in [7, 11) is 0. The van der Waals surface area contributed by atoms with Crippen LogP contribution in [0, 0.1) is 11.3 Å². The molecule has 2 aromatic rings. The third kappa shape index (κ3) is 5.83. The number of rotatable bonds is 5. The van der Waals surface area contributed by atoms with Crippen molar-refractivity contribution in [1.29, 1.82) is 5.26 Å². The lowest BCUT2D eigenvalue weighted by atomic mass is 10.1. The summed E-state index contributed by atoms with van der Waals surface area (Å²) in [4.78, 5) is 23.5. The molecule has 6 nitrogen and oxygen atoms in total. The molecule has 0 heterocycles. The Hall–Kier alpha value is -3.54. The Balaban J connectivity index is 1.84. The first kappa shape index (κ1) is 18.8. The highest BCUT2D eigenvalue weighted by molar-refractivity contribution is 5.95. The molecule has 2 rings (SSSR count). The standard InChI is InChI=1S/C17H11F3N2O4/c18-17(19,20)26-14-7-5-13(6-8-14)22-15(23)10-25-16(24)12-3-1-11(9-21)2-4-12/h1-8H,10H2,(H,22,23). The number of halogens is 3. The lowest BCUT2D eigenvalue weighted by molar-refractivity contribution is -0.274. The van der Waals surface area contributed by atoms with Gasteiger partial charge >= 0.3 is 12.3 Å². The maximum absolute atomic E-state index is 12.1. The second kappa shape index (κ2) is 8.02. The van der Waals surface area contributed by atoms with Crippen molar-refractivity contribution in [2.24, 2.45) is 0 Å². The number of benzene rings is 2. The Morgan fingerprint density at radius 1 is 1.04 bits per heavy atom. The molecular formula is C17H11F3N2O4. The summed E-state index contributed by atoms with van der Waals surface area (Å²) in [6.45, 7) is -0.584. The van der Waals surface area contributed by atoms with Crippen molar-refractivity contribution in [2.75, 3.05) is 11.9 Å². The molecule has 0 fully saturated rings. The molecule has 1 N–H and O–H groups in total. The zero-order chi connectivity index (χ0) is 19.2. The third-order valence-electron chi connectivity index (χ3n) is 2.96. The fourth-order valence-electron chi connectivity index (χ4n) is 1.83. The molecule has 26 heavy (non-hydrogen) atoms. The zero-order valence-electron chi connectivity index (χ0n) is 13.0. The molecule has 2 aromatic carbocycles. The molecule has 0 unspecified atom stereocenters. The largest absolute Gasteiger partial charge is 0.573 e. The molecule has 0 bridgehead atoms. The monoisotopic (exact) mass is 364 g/mol. The van der Waals surface area contributed by atoms with Gasteiger partial charge in [-0.2, -0.15) is 5.26 Å². The molecule has 134 valence electrons. The molecule has 0 radical (unpaired) electrons. The summed E-state index contributed by atoms with van der Waals surface area (Å²) in [6.07, 6.45) is -4.80. The minimum absolute atomic E-state index is 0.172. The van der Waals surface area contributed by atoms with Crippen LogP contribution < -0.4 is 10.1 Å². The molecule has 0 saturated carbocycles. The molecule has 0 atom stereocenters. The summed E-state index contributed by atoms with van der Waals surface area (Å²) in [5.41, 5.74) is 0.752. The van der Waals surface area contributed by atoms with Crippen molar-refractivity contribution in [3.05, 3.63) is 59.7 Å². The fraction of sp³-hybridized carbons (Fsp3) is 0.118. The number of carbonyl (C=O) groups is 2. The van der Waals surface area contributed by atoms with Crippen LogP contribution in [0.3, 0.4) is 0 Å². The predicted octanol–water partition coefficient (Wildman–Crippen LogP) is 3.25. The van der Waals surface area contributed by atoms with Crippen molar-refractivity contribution in [3.8, 4) is 11.8 Å². The van der Waals surface area contributed by atoms with Gasteiger partial charge in [-0.05, 0) is 48.5 Å². The molecular weight excluding hydrogens is 353 g/mol. The third-order valence-corrected chi connectivity index (χ3v) is 2.96. The molecule has 0 aliphatic rings. The van der Waals surface area contributed by atoms with Gasteiger partial charge in [-0.15, -0.1) is 13.2 Å². The van der Waals surface area contributed by atoms with Gasteiger partial charge in [0, 0.05) is 5.69 Å². The van der Waals surface area contributed by atoms with E-state index >= 15 is 0 Å². The SMILES string of the molecule is N#Cc1ccc(C(=O)OCC(=O)Nc2ccc(OC(F)(F)F)cc2)cc1. The summed E-state index contributed by atoms with van der Waals surface area (Å²) in [6, 6.07) is 12.0. The topological polar surface area (TPSA) is 88.4 Å². The number of nitrogens with zero attached hydrogens (tertiary/aromatic N) is 1. The number of carbonyl (C=O) groups excluding carboxylic acids is 2. The van der Waals surface area contributed by atoms with Gasteiger partial charge in [0.1, 0.15) is 5.75 Å². The van der Waals surface area contributed by atoms with Crippen molar-refractivity contribution in [3.63, 3.8) is 0 Å². The Labute approximate surface area is 145 Å². The van der Waals surface area contributed by atoms with Gasteiger partial charge < -0.3 is 14.8 Å². The van der Waals surface area contributed by atoms with Crippen molar-refractivity contribution in [2.45, 2.75) is 6.36 Å². The zero-order valence-corrected chi connectivity index (χ0v) is 13.0. The molecule has 9 heteroatoms. The lowest BCUT2D eigenvalue weighted by Crippen LogP contribution is -2.21. The first-order chi connectivity index (χ1) is 12.3. The van der Waals surface area contributed by atoms with Crippen molar-refractivity contribution >= 4 is 17.6 Å². The van der Waals surface area contributed by atoms with Gasteiger partial charge in [-0.25, -0.2) is 4.79 Å². The quantitative estimate of drug-likeness (QED) is 0.823. The maximum atomic E-state index is 12.1. The van der Waals surface area contributed by atoms with Crippen LogP contribution in [0.2, 0.25) is 0 Å². The van der Waals surface area contributed by atoms with Crippen LogP contribution >= 0.6 is 0 Å². The average molecular weight is 364 g/mol. The van der Waals surface area contributed by atoms with Gasteiger partial charge in [-0.1, -0.05) is 0 Å². The first-order valence-corrected chi connectivity index (χ1v) is 7.10. The van der Waals surface area contributed by atoms with Crippen LogP contribution in [-0.2, 0) is 9.53 Å². The second-order valence-corrected chi connectivity index (χ2v) is 4.89. The number of amides is 1. The van der Waals surface area contributed by atoms with Gasteiger partial charge in [0.05, 0.1) is 17.2 Å². The van der Waals surface area contributed by atoms with Crippen LogP contribution in [0.1, 0.15) is 15.9 Å². The van der Waals surface area contributed by atoms with Crippen LogP contribution in [0.4, 0.5) is 18.9 Å². The summed E-state index contributed by atoms with van der Waals surface area (Å²) >= 11 is 0. The number of hydrogen-bond acceptors (Lipinski definition) is 5. The molecule has 0 aliphatic heterocycles. The van der Waals surface area contributed by atoms with E-state index in [4.69, 9.17) is 10.00 Å². The van der Waals surface area contributed by atoms with E-state index in [9.17, 15) is 22.8 Å². The van der Waals surface area contributed by atoms with Crippen molar-refractivity contribution in [1.82, 2.24) is 0 Å². The number of hydrogen-bond donors (Lipinski definition) is 1. The lowest BCUT2D eigenvalue weighted by Gasteiger charge is -2.10. The number of nitrogens with one attached hydrogen (secondary N) is 1. The summed E-state index contributed by atoms with van der Waals surface area (Å²) in [5, 5.41) is 11.0. The minimum atomic E-state index is -4.80. The smallest absolute Gasteiger partial charge is 0.452 e. The van der Waals surface area contributed by atoms with E-state index in [0.717, 1.165) is 12.1 Å². The van der Waals surface area contributed by atoms with E-state index < -0.39 is 30.6 Å². The van der Waals surface area contributed by atoms with E-state index in [1.807, 2.05) is 6.07 Å². The second-order valence-electron chi connectivity index (χ2n) is 4.89. The number of nitriles is 1. The van der Waals surface area contributed by atoms with Gasteiger partial charge in [0.25, 0.3) is 5.91 Å². The van der Waals surface area contributed by atoms with Gasteiger partial charge in [0.15, 0.2) is 6.61 Å². The van der Waals surface area contributed by atoms with Crippen LogP contribution in [0.25, 0.3) is 0 Å². The minimum Gasteiger partial charge on any atom is -0.452 e. The molecule has 0 spiro atoms. The van der Waals surface area contributed by atoms with E-state index in [-0.39, 0.29) is 11.3 Å². The van der Waals surface area contributed by atoms with Crippen LogP contribution in [0.5, 0.6) is 5.75 Å². The van der Waals surface area contributed by atoms with E-state index in [0.29, 0.717) is 5.56 Å². The average Bonchev–Trinajstić information content (AvgIpc) is 2.60. The molecule has 1 amide bonds. The van der Waals surface area contributed by atoms with E-state index in [1.54, 1.807) is 0 Å². The summed E-state index contributed by atoms with van der Waals surface area (Å²) < 4.78 is 44.7. The first-order valence-electron chi connectivity index (χ1n) is 7.10. The molecule has 0 aromatic heterocycles. The number of alkyl halides is 3. The van der Waals surface area contributed by atoms with Crippen molar-refractivity contribution < 1.29 is 32.2 Å². The highest BCUT2D eigenvalue weighted by Gasteiger charge is 2.30.